The van der Waals surface area contributed by atoms with Gasteiger partial charge in [0.15, 0.2) is 0 Å². The maximum atomic E-state index is 11.9. The summed E-state index contributed by atoms with van der Waals surface area (Å²) in [6.07, 6.45) is 9.32. The minimum absolute atomic E-state index is 0.338. The van der Waals surface area contributed by atoms with Crippen LogP contribution < -0.4 is 4.74 Å². The largest absolute Gasteiger partial charge is 0.482 e. The summed E-state index contributed by atoms with van der Waals surface area (Å²) in [6, 6.07) is 10.2. The predicted octanol–water partition coefficient (Wildman–Crippen LogP) is 6.05. The van der Waals surface area contributed by atoms with E-state index < -0.39 is 0 Å². The van der Waals surface area contributed by atoms with Crippen LogP contribution in [0, 0.1) is 6.92 Å². The molecule has 0 aliphatic carbocycles. The second kappa shape index (κ2) is 6.41. The van der Waals surface area contributed by atoms with Crippen LogP contribution >= 0.6 is 0 Å². The number of aryl methyl sites for hydroxylation is 1. The van der Waals surface area contributed by atoms with Gasteiger partial charge in [0.05, 0.1) is 11.0 Å². The summed E-state index contributed by atoms with van der Waals surface area (Å²) in [5, 5.41) is 2.19. The van der Waals surface area contributed by atoms with Crippen LogP contribution in [-0.4, -0.2) is 16.6 Å². The molecule has 3 nitrogen and oxygen atoms in total. The van der Waals surface area contributed by atoms with Gasteiger partial charge in [0.1, 0.15) is 11.4 Å². The number of hydrogen-bond acceptors (Lipinski definition) is 2. The highest BCUT2D eigenvalue weighted by Crippen LogP contribution is 2.43. The van der Waals surface area contributed by atoms with Crippen molar-refractivity contribution in [1.29, 1.82) is 0 Å². The minimum Gasteiger partial charge on any atom is -0.482 e. The third kappa shape index (κ3) is 2.87. The molecule has 1 aliphatic heterocycles. The zero-order valence-electron chi connectivity index (χ0n) is 16.4. The monoisotopic (exact) mass is 359 g/mol. The molecule has 2 heterocycles. The van der Waals surface area contributed by atoms with E-state index in [1.54, 1.807) is 4.57 Å². The van der Waals surface area contributed by atoms with Crippen molar-refractivity contribution < 1.29 is 9.53 Å². The van der Waals surface area contributed by atoms with Gasteiger partial charge in [0, 0.05) is 16.3 Å². The summed E-state index contributed by atoms with van der Waals surface area (Å²) < 4.78 is 8.23. The number of carbonyl (C=O) groups excluding carboxylic acids is 1. The highest BCUT2D eigenvalue weighted by molar-refractivity contribution is 6.14. The van der Waals surface area contributed by atoms with Crippen LogP contribution in [-0.2, 0) is 4.79 Å². The average Bonchev–Trinajstić information content (AvgIpc) is 2.95. The molecule has 138 valence electrons. The summed E-state index contributed by atoms with van der Waals surface area (Å²) in [6.45, 7) is 8.45. The van der Waals surface area contributed by atoms with E-state index >= 15 is 0 Å². The molecule has 0 radical (unpaired) electrons. The van der Waals surface area contributed by atoms with Crippen molar-refractivity contribution >= 4 is 34.3 Å². The summed E-state index contributed by atoms with van der Waals surface area (Å²) in [4.78, 5) is 11.9. The molecule has 0 N–H and O–H groups in total. The molecule has 1 aliphatic rings. The Bertz CT molecular complexity index is 1110. The third-order valence-corrected chi connectivity index (χ3v) is 5.41. The first-order valence-electron chi connectivity index (χ1n) is 9.47. The molecule has 3 aromatic rings. The molecule has 0 fully saturated rings. The molecule has 3 heteroatoms. The number of para-hydroxylation sites is 1. The van der Waals surface area contributed by atoms with E-state index in [-0.39, 0.29) is 5.60 Å². The van der Waals surface area contributed by atoms with Crippen LogP contribution in [0.2, 0.25) is 0 Å². The predicted molar refractivity (Wildman–Crippen MR) is 113 cm³/mol. The molecule has 0 unspecified atom stereocenters. The minimum atomic E-state index is -0.338. The van der Waals surface area contributed by atoms with E-state index in [4.69, 9.17) is 4.74 Å². The maximum absolute atomic E-state index is 11.9. The average molecular weight is 359 g/mol. The second-order valence-corrected chi connectivity index (χ2v) is 7.89. The van der Waals surface area contributed by atoms with Crippen molar-refractivity contribution in [3.05, 3.63) is 59.2 Å². The lowest BCUT2D eigenvalue weighted by Gasteiger charge is -2.33. The van der Waals surface area contributed by atoms with Crippen LogP contribution in [0.25, 0.3) is 27.9 Å². The first-order valence-corrected chi connectivity index (χ1v) is 9.47. The molecule has 0 amide bonds. The fourth-order valence-corrected chi connectivity index (χ4v) is 4.02. The maximum Gasteiger partial charge on any atom is 0.218 e. The Labute approximate surface area is 159 Å². The lowest BCUT2D eigenvalue weighted by molar-refractivity contribution is 0.128. The molecule has 0 spiro atoms. The van der Waals surface area contributed by atoms with Crippen molar-refractivity contribution in [3.8, 4) is 5.75 Å². The third-order valence-electron chi connectivity index (χ3n) is 5.41. The van der Waals surface area contributed by atoms with Gasteiger partial charge >= 0.3 is 0 Å². The molecule has 0 saturated heterocycles. The SMILES string of the molecule is CC(C)=CCC[C@@]1(C)C=Cc2c(c(C)cc3c4ccccc4n(C=O)c23)O1. The van der Waals surface area contributed by atoms with Crippen molar-refractivity contribution in [1.82, 2.24) is 4.57 Å². The topological polar surface area (TPSA) is 31.2 Å². The van der Waals surface area contributed by atoms with Gasteiger partial charge in [0.25, 0.3) is 0 Å². The highest BCUT2D eigenvalue weighted by atomic mass is 16.5. The highest BCUT2D eigenvalue weighted by Gasteiger charge is 2.30. The number of benzene rings is 2. The number of ether oxygens (including phenoxy) is 1. The van der Waals surface area contributed by atoms with Crippen molar-refractivity contribution in [2.24, 2.45) is 0 Å². The van der Waals surface area contributed by atoms with Gasteiger partial charge in [-0.25, -0.2) is 0 Å². The number of fused-ring (bicyclic) bond motifs is 5. The summed E-state index contributed by atoms with van der Waals surface area (Å²) in [7, 11) is 0. The molecule has 27 heavy (non-hydrogen) atoms. The van der Waals surface area contributed by atoms with E-state index in [2.05, 4.69) is 58.1 Å². The molecule has 1 aromatic heterocycles. The Morgan fingerprint density at radius 2 is 2.00 bits per heavy atom. The van der Waals surface area contributed by atoms with Crippen molar-refractivity contribution in [3.63, 3.8) is 0 Å². The van der Waals surface area contributed by atoms with E-state index in [1.807, 2.05) is 18.2 Å². The molecule has 0 bridgehead atoms. The van der Waals surface area contributed by atoms with E-state index in [1.165, 1.54) is 5.57 Å². The van der Waals surface area contributed by atoms with E-state index in [0.717, 1.165) is 57.9 Å². The van der Waals surface area contributed by atoms with Crippen LogP contribution in [0.3, 0.4) is 0 Å². The lowest BCUT2D eigenvalue weighted by atomic mass is 9.92. The van der Waals surface area contributed by atoms with E-state index in [0.29, 0.717) is 0 Å². The Morgan fingerprint density at radius 1 is 1.22 bits per heavy atom. The van der Waals surface area contributed by atoms with Crippen molar-refractivity contribution in [2.45, 2.75) is 46.1 Å². The Morgan fingerprint density at radius 3 is 2.74 bits per heavy atom. The first-order chi connectivity index (χ1) is 12.9. The Balaban J connectivity index is 1.89. The van der Waals surface area contributed by atoms with Crippen LogP contribution in [0.1, 0.15) is 44.7 Å². The van der Waals surface area contributed by atoms with Gasteiger partial charge in [-0.1, -0.05) is 29.8 Å². The Hall–Kier alpha value is -2.81. The molecule has 0 saturated carbocycles. The number of aromatic nitrogens is 1. The normalized spacial score (nSPS) is 18.4. The summed E-state index contributed by atoms with van der Waals surface area (Å²) in [5.41, 5.74) is 4.94. The van der Waals surface area contributed by atoms with Crippen LogP contribution in [0.4, 0.5) is 0 Å². The number of rotatable bonds is 4. The molecule has 2 aromatic carbocycles. The second-order valence-electron chi connectivity index (χ2n) is 7.89. The van der Waals surface area contributed by atoms with Gasteiger partial charge < -0.3 is 4.74 Å². The summed E-state index contributed by atoms with van der Waals surface area (Å²) in [5.74, 6) is 0.885. The number of hydrogen-bond donors (Lipinski definition) is 0. The first kappa shape index (κ1) is 17.6. The fraction of sp³-hybridized carbons (Fsp3) is 0.292. The summed E-state index contributed by atoms with van der Waals surface area (Å²) >= 11 is 0. The van der Waals surface area contributed by atoms with E-state index in [9.17, 15) is 4.79 Å². The van der Waals surface area contributed by atoms with Gasteiger partial charge in [-0.2, -0.15) is 0 Å². The smallest absolute Gasteiger partial charge is 0.218 e. The van der Waals surface area contributed by atoms with Gasteiger partial charge in [-0.05, 0) is 70.4 Å². The van der Waals surface area contributed by atoms with Gasteiger partial charge in [-0.15, -0.1) is 0 Å². The Kier molecular flexibility index (Phi) is 4.18. The zero-order valence-corrected chi connectivity index (χ0v) is 16.4. The fourth-order valence-electron chi connectivity index (χ4n) is 4.02. The zero-order chi connectivity index (χ0) is 19.2. The van der Waals surface area contributed by atoms with Crippen molar-refractivity contribution in [2.75, 3.05) is 0 Å². The molecular formula is C24H25NO2. The lowest BCUT2D eigenvalue weighted by Crippen LogP contribution is -2.32. The number of carbonyl (C=O) groups is 1. The van der Waals surface area contributed by atoms with Gasteiger partial charge in [0.2, 0.25) is 6.41 Å². The van der Waals surface area contributed by atoms with Crippen LogP contribution in [0.15, 0.2) is 48.1 Å². The number of nitrogens with zero attached hydrogens (tertiary/aromatic N) is 1. The molecule has 4 rings (SSSR count). The molecule has 1 atom stereocenters. The quantitative estimate of drug-likeness (QED) is 0.419. The van der Waals surface area contributed by atoms with Crippen LogP contribution in [0.5, 0.6) is 5.75 Å². The molecular weight excluding hydrogens is 334 g/mol. The standard InChI is InChI=1S/C24H25NO2/c1-16(2)8-7-12-24(4)13-11-19-22-20(14-17(3)23(19)27-24)18-9-5-6-10-21(18)25(22)15-26/h5-6,8-11,13-15H,7,12H2,1-4H3/t24-/m0/s1. The van der Waals surface area contributed by atoms with Gasteiger partial charge in [-0.3, -0.25) is 9.36 Å². The number of allylic oxidation sites excluding steroid dienone is 2.